The second-order valence-corrected chi connectivity index (χ2v) is 5.74. The Morgan fingerprint density at radius 3 is 1.95 bits per heavy atom. The van der Waals surface area contributed by atoms with Crippen LogP contribution in [0.1, 0.15) is 69.8 Å². The van der Waals surface area contributed by atoms with Gasteiger partial charge < -0.3 is 5.32 Å². The highest BCUT2D eigenvalue weighted by Crippen LogP contribution is 2.10. The highest BCUT2D eigenvalue weighted by atomic mass is 16.1. The Kier molecular flexibility index (Phi) is 11.8. The van der Waals surface area contributed by atoms with Crippen molar-refractivity contribution in [2.24, 2.45) is 0 Å². The molecule has 0 aliphatic carbocycles. The van der Waals surface area contributed by atoms with Gasteiger partial charge in [0.25, 0.3) is 0 Å². The third kappa shape index (κ3) is 11.2. The number of nitrogens with one attached hydrogen (secondary N) is 1. The zero-order valence-electron chi connectivity index (χ0n) is 13.3. The summed E-state index contributed by atoms with van der Waals surface area (Å²) in [7, 11) is 0. The number of benzene rings is 1. The molecule has 0 unspecified atom stereocenters. The minimum Gasteiger partial charge on any atom is -0.313 e. The molecule has 21 heavy (non-hydrogen) atoms. The highest BCUT2D eigenvalue weighted by Gasteiger charge is 1.94. The third-order valence-electron chi connectivity index (χ3n) is 3.80. The van der Waals surface area contributed by atoms with Crippen LogP contribution in [0.25, 0.3) is 0 Å². The summed E-state index contributed by atoms with van der Waals surface area (Å²) in [5.74, 6) is 0. The van der Waals surface area contributed by atoms with Crippen molar-refractivity contribution in [2.45, 2.75) is 70.8 Å². The lowest BCUT2D eigenvalue weighted by Crippen LogP contribution is -2.14. The van der Waals surface area contributed by atoms with Crippen LogP contribution >= 0.6 is 0 Å². The van der Waals surface area contributed by atoms with Crippen LogP contribution in [0.15, 0.2) is 30.3 Å². The fourth-order valence-corrected chi connectivity index (χ4v) is 2.51. The fraction of sp³-hybridized carbons (Fsp3) is 0.632. The molecule has 2 heteroatoms. The molecule has 1 rings (SSSR count). The largest absolute Gasteiger partial charge is 0.313 e. The molecule has 1 radical (unpaired) electrons. The van der Waals surface area contributed by atoms with Crippen LogP contribution in [0, 0.1) is 0 Å². The van der Waals surface area contributed by atoms with Gasteiger partial charge in [0.2, 0.25) is 0 Å². The standard InChI is InChI=1S/C19H30NO/c21-17-13-8-6-4-2-1-3-5-7-12-16-20-18-19-14-10-9-11-15-19/h9-11,14-15,20H,1-8,12-13,16,18H2. The molecular weight excluding hydrogens is 258 g/mol. The van der Waals surface area contributed by atoms with Crippen molar-refractivity contribution in [2.75, 3.05) is 6.54 Å². The van der Waals surface area contributed by atoms with Crippen molar-refractivity contribution in [1.82, 2.24) is 5.32 Å². The van der Waals surface area contributed by atoms with Crippen molar-refractivity contribution in [3.8, 4) is 0 Å². The minimum atomic E-state index is 0.621. The molecule has 0 spiro atoms. The van der Waals surface area contributed by atoms with Gasteiger partial charge in [0.1, 0.15) is 0 Å². The van der Waals surface area contributed by atoms with Crippen LogP contribution in [0.3, 0.4) is 0 Å². The molecule has 1 N–H and O–H groups in total. The first kappa shape index (κ1) is 17.9. The van der Waals surface area contributed by atoms with Crippen LogP contribution in [0.4, 0.5) is 0 Å². The maximum absolute atomic E-state index is 10.0. The molecule has 2 nitrogen and oxygen atoms in total. The van der Waals surface area contributed by atoms with E-state index in [4.69, 9.17) is 0 Å². The van der Waals surface area contributed by atoms with Crippen molar-refractivity contribution in [3.63, 3.8) is 0 Å². The van der Waals surface area contributed by atoms with Crippen LogP contribution in [0.5, 0.6) is 0 Å². The van der Waals surface area contributed by atoms with Gasteiger partial charge in [-0.1, -0.05) is 75.3 Å². The maximum atomic E-state index is 10.0. The first-order valence-electron chi connectivity index (χ1n) is 8.53. The summed E-state index contributed by atoms with van der Waals surface area (Å²) < 4.78 is 0. The molecule has 0 aliphatic heterocycles. The van der Waals surface area contributed by atoms with E-state index in [1.54, 1.807) is 0 Å². The topological polar surface area (TPSA) is 29.1 Å². The summed E-state index contributed by atoms with van der Waals surface area (Å²) in [6.07, 6.45) is 14.1. The van der Waals surface area contributed by atoms with E-state index in [1.165, 1.54) is 56.9 Å². The normalized spacial score (nSPS) is 10.7. The number of carbonyl (C=O) groups excluding carboxylic acids is 1. The molecule has 117 valence electrons. The number of hydrogen-bond acceptors (Lipinski definition) is 2. The lowest BCUT2D eigenvalue weighted by Gasteiger charge is -2.05. The Hall–Kier alpha value is -1.15. The van der Waals surface area contributed by atoms with E-state index >= 15 is 0 Å². The van der Waals surface area contributed by atoms with Crippen molar-refractivity contribution < 1.29 is 4.79 Å². The van der Waals surface area contributed by atoms with Gasteiger partial charge in [-0.15, -0.1) is 0 Å². The van der Waals surface area contributed by atoms with Gasteiger partial charge in [0.05, 0.1) is 0 Å². The first-order valence-corrected chi connectivity index (χ1v) is 8.53. The molecule has 0 bridgehead atoms. The molecule has 0 aromatic heterocycles. The third-order valence-corrected chi connectivity index (χ3v) is 3.80. The molecule has 1 aromatic carbocycles. The van der Waals surface area contributed by atoms with E-state index in [-0.39, 0.29) is 0 Å². The van der Waals surface area contributed by atoms with Gasteiger partial charge in [-0.2, -0.15) is 0 Å². The van der Waals surface area contributed by atoms with Crippen LogP contribution in [-0.4, -0.2) is 12.8 Å². The lowest BCUT2D eigenvalue weighted by molar-refractivity contribution is 0.533. The summed E-state index contributed by atoms with van der Waals surface area (Å²) in [6.45, 7) is 2.11. The van der Waals surface area contributed by atoms with Crippen molar-refractivity contribution in [3.05, 3.63) is 35.9 Å². The number of hydrogen-bond donors (Lipinski definition) is 1. The predicted molar refractivity (Wildman–Crippen MR) is 90.0 cm³/mol. The van der Waals surface area contributed by atoms with E-state index in [0.29, 0.717) is 6.42 Å². The average Bonchev–Trinajstić information content (AvgIpc) is 2.53. The predicted octanol–water partition coefficient (Wildman–Crippen LogP) is 4.79. The second-order valence-electron chi connectivity index (χ2n) is 5.74. The maximum Gasteiger partial charge on any atom is 0.198 e. The summed E-state index contributed by atoms with van der Waals surface area (Å²) in [6, 6.07) is 10.6. The Balaban J connectivity index is 1.76. The van der Waals surface area contributed by atoms with Gasteiger partial charge in [0.15, 0.2) is 6.29 Å². The van der Waals surface area contributed by atoms with E-state index < -0.39 is 0 Å². The molecule has 0 amide bonds. The molecule has 0 saturated heterocycles. The second kappa shape index (κ2) is 13.8. The Morgan fingerprint density at radius 2 is 1.33 bits per heavy atom. The lowest BCUT2D eigenvalue weighted by atomic mass is 10.1. The van der Waals surface area contributed by atoms with Crippen molar-refractivity contribution >= 4 is 6.29 Å². The smallest absolute Gasteiger partial charge is 0.198 e. The van der Waals surface area contributed by atoms with Gasteiger partial charge in [0, 0.05) is 13.0 Å². The van der Waals surface area contributed by atoms with Crippen molar-refractivity contribution in [1.29, 1.82) is 0 Å². The van der Waals surface area contributed by atoms with Gasteiger partial charge >= 0.3 is 0 Å². The van der Waals surface area contributed by atoms with Gasteiger partial charge in [-0.3, -0.25) is 4.79 Å². The summed E-state index contributed by atoms with van der Waals surface area (Å²) in [5.41, 5.74) is 1.37. The molecule has 0 heterocycles. The molecule has 1 aromatic rings. The zero-order chi connectivity index (χ0) is 15.0. The average molecular weight is 288 g/mol. The van der Waals surface area contributed by atoms with E-state index in [9.17, 15) is 4.79 Å². The Bertz CT molecular complexity index is 337. The fourth-order valence-electron chi connectivity index (χ4n) is 2.51. The van der Waals surface area contributed by atoms with Gasteiger partial charge in [-0.05, 0) is 24.9 Å². The van der Waals surface area contributed by atoms with Crippen LogP contribution in [-0.2, 0) is 11.3 Å². The quantitative estimate of drug-likeness (QED) is 0.499. The summed E-state index contributed by atoms with van der Waals surface area (Å²) in [5, 5.41) is 3.50. The Morgan fingerprint density at radius 1 is 0.762 bits per heavy atom. The number of rotatable bonds is 14. The SMILES string of the molecule is O=[C]CCCCCCCCCCCNCc1ccccc1. The number of unbranched alkanes of at least 4 members (excludes halogenated alkanes) is 9. The highest BCUT2D eigenvalue weighted by molar-refractivity contribution is 5.50. The molecule has 0 saturated carbocycles. The molecule has 0 aliphatic rings. The van der Waals surface area contributed by atoms with Crippen LogP contribution in [0.2, 0.25) is 0 Å². The first-order chi connectivity index (χ1) is 10.4. The monoisotopic (exact) mass is 288 g/mol. The van der Waals surface area contributed by atoms with Gasteiger partial charge in [-0.25, -0.2) is 0 Å². The van der Waals surface area contributed by atoms with E-state index in [1.807, 2.05) is 6.29 Å². The van der Waals surface area contributed by atoms with E-state index in [0.717, 1.165) is 19.5 Å². The minimum absolute atomic E-state index is 0.621. The van der Waals surface area contributed by atoms with E-state index in [2.05, 4.69) is 35.6 Å². The summed E-state index contributed by atoms with van der Waals surface area (Å²) >= 11 is 0. The molecule has 0 fully saturated rings. The summed E-state index contributed by atoms with van der Waals surface area (Å²) in [4.78, 5) is 10.0. The Labute approximate surface area is 130 Å². The zero-order valence-corrected chi connectivity index (χ0v) is 13.3. The molecular formula is C19H30NO. The van der Waals surface area contributed by atoms with Crippen LogP contribution < -0.4 is 5.32 Å². The molecule has 0 atom stereocenters.